The Balaban J connectivity index is 2.04. The van der Waals surface area contributed by atoms with E-state index in [1.165, 1.54) is 0 Å². The van der Waals surface area contributed by atoms with Crippen molar-refractivity contribution in [2.75, 3.05) is 6.54 Å². The van der Waals surface area contributed by atoms with E-state index in [0.29, 0.717) is 13.1 Å². The lowest BCUT2D eigenvalue weighted by atomic mass is 9.94. The first-order chi connectivity index (χ1) is 19.7. The van der Waals surface area contributed by atoms with E-state index in [0.717, 1.165) is 16.7 Å². The van der Waals surface area contributed by atoms with Gasteiger partial charge in [0.05, 0.1) is 5.92 Å². The summed E-state index contributed by atoms with van der Waals surface area (Å²) >= 11 is 0. The Hall–Kier alpha value is -3.64. The fraction of sp³-hybridized carbons (Fsp3) is 0.444. The average Bonchev–Trinajstić information content (AvgIpc) is 2.93. The molecule has 3 atom stereocenters. The van der Waals surface area contributed by atoms with Crippen molar-refractivity contribution in [1.29, 1.82) is 0 Å². The highest BCUT2D eigenvalue weighted by molar-refractivity contribution is 5.75. The summed E-state index contributed by atoms with van der Waals surface area (Å²) in [6.07, 6.45) is -0.460. The van der Waals surface area contributed by atoms with Gasteiger partial charge in [-0.15, -0.1) is 0 Å². The maximum absolute atomic E-state index is 14.0. The van der Waals surface area contributed by atoms with Crippen LogP contribution in [-0.2, 0) is 27.4 Å². The van der Waals surface area contributed by atoms with Crippen molar-refractivity contribution < 1.29 is 19.1 Å². The van der Waals surface area contributed by atoms with Crippen molar-refractivity contribution in [3.05, 3.63) is 108 Å². The number of nitrogens with zero attached hydrogens (tertiary/aromatic N) is 2. The van der Waals surface area contributed by atoms with Crippen molar-refractivity contribution in [3.8, 4) is 0 Å². The van der Waals surface area contributed by atoms with Gasteiger partial charge in [-0.25, -0.2) is 4.79 Å². The number of hydrogen-bond acceptors (Lipinski definition) is 5. The zero-order valence-electron chi connectivity index (χ0n) is 26.5. The number of esters is 1. The summed E-state index contributed by atoms with van der Waals surface area (Å²) < 4.78 is 11.8. The smallest absolute Gasteiger partial charge is 0.410 e. The molecule has 226 valence electrons. The van der Waals surface area contributed by atoms with Crippen LogP contribution < -0.4 is 0 Å². The van der Waals surface area contributed by atoms with Crippen molar-refractivity contribution in [2.45, 2.75) is 91.8 Å². The van der Waals surface area contributed by atoms with Crippen molar-refractivity contribution in [1.82, 2.24) is 9.80 Å². The third-order valence-electron chi connectivity index (χ3n) is 7.09. The highest BCUT2D eigenvalue weighted by Crippen LogP contribution is 2.30. The third kappa shape index (κ3) is 10.3. The molecule has 6 heteroatoms. The quantitative estimate of drug-likeness (QED) is 0.218. The maximum atomic E-state index is 14.0. The molecule has 42 heavy (non-hydrogen) atoms. The van der Waals surface area contributed by atoms with Gasteiger partial charge in [0.1, 0.15) is 11.2 Å². The van der Waals surface area contributed by atoms with Crippen molar-refractivity contribution in [3.63, 3.8) is 0 Å². The fourth-order valence-electron chi connectivity index (χ4n) is 4.95. The molecule has 0 saturated heterocycles. The predicted octanol–water partition coefficient (Wildman–Crippen LogP) is 8.03. The molecule has 0 aliphatic rings. The molecule has 0 bridgehead atoms. The fourth-order valence-corrected chi connectivity index (χ4v) is 4.95. The molecule has 0 saturated carbocycles. The summed E-state index contributed by atoms with van der Waals surface area (Å²) in [6.45, 7) is 16.5. The number of benzene rings is 3. The van der Waals surface area contributed by atoms with Gasteiger partial charge in [0, 0.05) is 31.7 Å². The summed E-state index contributed by atoms with van der Waals surface area (Å²) in [5.74, 6) is -0.981. The van der Waals surface area contributed by atoms with Gasteiger partial charge < -0.3 is 14.4 Å². The first-order valence-electron chi connectivity index (χ1n) is 14.8. The van der Waals surface area contributed by atoms with Crippen LogP contribution in [0.15, 0.2) is 91.0 Å². The number of hydrogen-bond donors (Lipinski definition) is 0. The number of carbonyl (C=O) groups is 2. The minimum absolute atomic E-state index is 0.00422. The average molecular weight is 573 g/mol. The van der Waals surface area contributed by atoms with Gasteiger partial charge in [-0.05, 0) is 72.1 Å². The van der Waals surface area contributed by atoms with Crippen LogP contribution in [0.4, 0.5) is 4.79 Å². The lowest BCUT2D eigenvalue weighted by Gasteiger charge is -2.40. The highest BCUT2D eigenvalue weighted by atomic mass is 16.6. The molecular formula is C36H48N2O4. The molecule has 3 aromatic carbocycles. The zero-order valence-corrected chi connectivity index (χ0v) is 26.5. The molecule has 6 nitrogen and oxygen atoms in total. The van der Waals surface area contributed by atoms with E-state index in [2.05, 4.69) is 43.0 Å². The number of amides is 1. The number of carbonyl (C=O) groups excluding carboxylic acids is 2. The van der Waals surface area contributed by atoms with Crippen molar-refractivity contribution >= 4 is 12.1 Å². The molecule has 3 rings (SSSR count). The molecular weight excluding hydrogens is 524 g/mol. The van der Waals surface area contributed by atoms with Gasteiger partial charge in [0.25, 0.3) is 0 Å². The zero-order chi connectivity index (χ0) is 30.9. The Kier molecular flexibility index (Phi) is 11.3. The van der Waals surface area contributed by atoms with Crippen LogP contribution in [0.5, 0.6) is 0 Å². The summed E-state index contributed by atoms with van der Waals surface area (Å²) in [6, 6.07) is 30.1. The molecule has 0 spiro atoms. The molecule has 0 aromatic heterocycles. The molecule has 0 aliphatic carbocycles. The first-order valence-corrected chi connectivity index (χ1v) is 14.8. The molecule has 0 unspecified atom stereocenters. The standard InChI is InChI=1S/C36H48N2O4/c1-27(31-22-16-11-17-23-31)38(25-30-20-14-10-15-21-30)28(2)32(33(39)41-35(3,4)5)26-37(34(40)42-36(6,7)8)24-29-18-12-9-13-19-29/h9-23,27-28,32H,24-26H2,1-8H3/t27-,28-,32+/m1/s1. The lowest BCUT2D eigenvalue weighted by molar-refractivity contribution is -0.163. The molecule has 0 N–H and O–H groups in total. The van der Waals surface area contributed by atoms with E-state index in [1.807, 2.05) is 108 Å². The van der Waals surface area contributed by atoms with Crippen LogP contribution in [-0.4, -0.2) is 45.7 Å². The van der Waals surface area contributed by atoms with Crippen LogP contribution >= 0.6 is 0 Å². The van der Waals surface area contributed by atoms with Gasteiger partial charge in [-0.3, -0.25) is 9.69 Å². The first kappa shape index (κ1) is 32.9. The summed E-state index contributed by atoms with van der Waals surface area (Å²) in [7, 11) is 0. The SMILES string of the molecule is C[C@H](c1ccccc1)N(Cc1ccccc1)[C@H](C)[C@H](CN(Cc1ccccc1)C(=O)OC(C)(C)C)C(=O)OC(C)(C)C. The van der Waals surface area contributed by atoms with E-state index < -0.39 is 23.2 Å². The molecule has 1 amide bonds. The van der Waals surface area contributed by atoms with Crippen LogP contribution in [0.2, 0.25) is 0 Å². The second-order valence-corrected chi connectivity index (χ2v) is 13.0. The van der Waals surface area contributed by atoms with Crippen LogP contribution in [0, 0.1) is 5.92 Å². The summed E-state index contributed by atoms with van der Waals surface area (Å²) in [5, 5.41) is 0. The molecule has 0 radical (unpaired) electrons. The Morgan fingerprint density at radius 3 is 1.60 bits per heavy atom. The van der Waals surface area contributed by atoms with E-state index >= 15 is 0 Å². The van der Waals surface area contributed by atoms with Gasteiger partial charge >= 0.3 is 12.1 Å². The Labute approximate surface area is 252 Å². The van der Waals surface area contributed by atoms with Crippen LogP contribution in [0.3, 0.4) is 0 Å². The van der Waals surface area contributed by atoms with E-state index in [-0.39, 0.29) is 24.6 Å². The third-order valence-corrected chi connectivity index (χ3v) is 7.09. The molecule has 0 aliphatic heterocycles. The van der Waals surface area contributed by atoms with E-state index in [1.54, 1.807) is 4.90 Å². The second kappa shape index (κ2) is 14.5. The molecule has 0 fully saturated rings. The number of ether oxygens (including phenoxy) is 2. The molecule has 3 aromatic rings. The second-order valence-electron chi connectivity index (χ2n) is 13.0. The van der Waals surface area contributed by atoms with Crippen LogP contribution in [0.25, 0.3) is 0 Å². The Morgan fingerprint density at radius 2 is 1.12 bits per heavy atom. The van der Waals surface area contributed by atoms with E-state index in [4.69, 9.17) is 9.47 Å². The minimum atomic E-state index is -0.680. The summed E-state index contributed by atoms with van der Waals surface area (Å²) in [5.41, 5.74) is 1.89. The largest absolute Gasteiger partial charge is 0.460 e. The molecule has 0 heterocycles. The Morgan fingerprint density at radius 1 is 0.667 bits per heavy atom. The minimum Gasteiger partial charge on any atom is -0.460 e. The number of rotatable bonds is 11. The van der Waals surface area contributed by atoms with Gasteiger partial charge in [-0.2, -0.15) is 0 Å². The maximum Gasteiger partial charge on any atom is 0.410 e. The van der Waals surface area contributed by atoms with Crippen molar-refractivity contribution in [2.24, 2.45) is 5.92 Å². The van der Waals surface area contributed by atoms with Gasteiger partial charge in [0.2, 0.25) is 0 Å². The van der Waals surface area contributed by atoms with Gasteiger partial charge in [-0.1, -0.05) is 91.0 Å². The monoisotopic (exact) mass is 572 g/mol. The Bertz CT molecular complexity index is 1250. The lowest BCUT2D eigenvalue weighted by Crippen LogP contribution is -2.50. The van der Waals surface area contributed by atoms with Gasteiger partial charge in [0.15, 0.2) is 0 Å². The van der Waals surface area contributed by atoms with Crippen LogP contribution in [0.1, 0.15) is 78.1 Å². The topological polar surface area (TPSA) is 59.1 Å². The van der Waals surface area contributed by atoms with E-state index in [9.17, 15) is 9.59 Å². The summed E-state index contributed by atoms with van der Waals surface area (Å²) in [4.78, 5) is 31.5. The normalized spacial score (nSPS) is 14.1. The highest BCUT2D eigenvalue weighted by Gasteiger charge is 2.38. The predicted molar refractivity (Wildman–Crippen MR) is 169 cm³/mol.